The molecular formula is C28H26FN3O3S. The number of aromatic nitrogens is 2. The van der Waals surface area contributed by atoms with Crippen molar-refractivity contribution in [1.29, 1.82) is 0 Å². The zero-order valence-electron chi connectivity index (χ0n) is 20.4. The summed E-state index contributed by atoms with van der Waals surface area (Å²) in [6.07, 6.45) is 1.52. The summed E-state index contributed by atoms with van der Waals surface area (Å²) in [6, 6.07) is 16.2. The van der Waals surface area contributed by atoms with Crippen molar-refractivity contribution in [2.45, 2.75) is 39.7 Å². The number of anilines is 1. The first kappa shape index (κ1) is 23.9. The van der Waals surface area contributed by atoms with Crippen molar-refractivity contribution in [2.24, 2.45) is 5.41 Å². The molecule has 8 heteroatoms. The molecule has 1 amide bonds. The topological polar surface area (TPSA) is 73.3 Å². The van der Waals surface area contributed by atoms with E-state index in [9.17, 15) is 9.18 Å². The molecule has 0 bridgehead atoms. The van der Waals surface area contributed by atoms with Gasteiger partial charge in [-0.3, -0.25) is 4.79 Å². The summed E-state index contributed by atoms with van der Waals surface area (Å²) in [7, 11) is 0. The Morgan fingerprint density at radius 3 is 2.67 bits per heavy atom. The molecule has 4 aromatic rings. The van der Waals surface area contributed by atoms with Crippen LogP contribution in [0.4, 0.5) is 9.52 Å². The fourth-order valence-corrected chi connectivity index (χ4v) is 4.98. The first-order valence-corrected chi connectivity index (χ1v) is 12.6. The Morgan fingerprint density at radius 1 is 1.14 bits per heavy atom. The summed E-state index contributed by atoms with van der Waals surface area (Å²) < 4.78 is 26.4. The van der Waals surface area contributed by atoms with Gasteiger partial charge in [-0.05, 0) is 44.2 Å². The van der Waals surface area contributed by atoms with Gasteiger partial charge in [0.05, 0.1) is 17.2 Å². The number of para-hydroxylation sites is 1. The summed E-state index contributed by atoms with van der Waals surface area (Å²) in [5.74, 6) is 0.306. The second kappa shape index (κ2) is 9.35. The predicted octanol–water partition coefficient (Wildman–Crippen LogP) is 7.03. The van der Waals surface area contributed by atoms with Crippen molar-refractivity contribution >= 4 is 22.4 Å². The van der Waals surface area contributed by atoms with Crippen LogP contribution in [0.15, 0.2) is 66.2 Å². The highest BCUT2D eigenvalue weighted by atomic mass is 32.1. The second-order valence-electron chi connectivity index (χ2n) is 9.49. The smallest absolute Gasteiger partial charge is 0.232 e. The molecule has 1 atom stereocenters. The lowest BCUT2D eigenvalue weighted by Gasteiger charge is -2.37. The normalized spacial score (nSPS) is 14.6. The molecular weight excluding hydrogens is 477 g/mol. The van der Waals surface area contributed by atoms with E-state index in [2.05, 4.69) is 10.3 Å². The zero-order valence-corrected chi connectivity index (χ0v) is 21.2. The quantitative estimate of drug-likeness (QED) is 0.306. The average molecular weight is 504 g/mol. The van der Waals surface area contributed by atoms with Crippen molar-refractivity contribution < 1.29 is 18.7 Å². The Kier molecular flexibility index (Phi) is 6.22. The van der Waals surface area contributed by atoms with Gasteiger partial charge in [0, 0.05) is 34.2 Å². The monoisotopic (exact) mass is 503 g/mol. The molecule has 3 heterocycles. The zero-order chi connectivity index (χ0) is 25.4. The molecule has 0 fully saturated rings. The summed E-state index contributed by atoms with van der Waals surface area (Å²) in [5.41, 5.74) is 2.00. The number of pyridine rings is 1. The third-order valence-corrected chi connectivity index (χ3v) is 6.88. The number of nitrogens with zero attached hydrogens (tertiary/aromatic N) is 2. The van der Waals surface area contributed by atoms with E-state index < -0.39 is 11.2 Å². The van der Waals surface area contributed by atoms with Crippen LogP contribution in [0.5, 0.6) is 17.4 Å². The third kappa shape index (κ3) is 4.44. The first-order valence-electron chi connectivity index (χ1n) is 11.7. The molecule has 0 aliphatic carbocycles. The number of amides is 1. The SMILES string of the molecule is CC(C)Oc1ccc(-c2ccc3c(n2)Oc2ccccc2C3C(C)(C)C(=O)Nc2nccs2)cc1F. The lowest BCUT2D eigenvalue weighted by atomic mass is 9.69. The van der Waals surface area contributed by atoms with E-state index >= 15 is 0 Å². The van der Waals surface area contributed by atoms with Crippen LogP contribution in [0.1, 0.15) is 44.7 Å². The number of fused-ring (bicyclic) bond motifs is 2. The van der Waals surface area contributed by atoms with Gasteiger partial charge in [0.1, 0.15) is 5.75 Å². The molecule has 36 heavy (non-hydrogen) atoms. The molecule has 184 valence electrons. The van der Waals surface area contributed by atoms with Crippen LogP contribution in [-0.4, -0.2) is 22.0 Å². The fourth-order valence-electron chi connectivity index (χ4n) is 4.46. The standard InChI is InChI=1S/C28H26FN3O3S/c1-16(2)34-23-12-9-17(15-20(23)29)21-11-10-19-24(18-7-5-6-8-22(18)35-25(19)31-21)28(3,4)26(33)32-27-30-13-14-36-27/h5-16,24H,1-4H3,(H,30,32,33). The van der Waals surface area contributed by atoms with E-state index in [1.807, 2.05) is 69.5 Å². The Morgan fingerprint density at radius 2 is 1.94 bits per heavy atom. The van der Waals surface area contributed by atoms with Crippen LogP contribution in [-0.2, 0) is 4.79 Å². The number of carbonyl (C=O) groups excluding carboxylic acids is 1. The summed E-state index contributed by atoms with van der Waals surface area (Å²) in [6.45, 7) is 7.51. The first-order chi connectivity index (χ1) is 17.2. The van der Waals surface area contributed by atoms with E-state index in [1.165, 1.54) is 17.4 Å². The number of benzene rings is 2. The van der Waals surface area contributed by atoms with Gasteiger partial charge in [0.15, 0.2) is 16.7 Å². The number of halogens is 1. The minimum Gasteiger partial charge on any atom is -0.488 e. The van der Waals surface area contributed by atoms with Crippen LogP contribution in [0, 0.1) is 11.2 Å². The maximum Gasteiger partial charge on any atom is 0.232 e. The van der Waals surface area contributed by atoms with E-state index in [-0.39, 0.29) is 23.7 Å². The molecule has 1 aliphatic rings. The van der Waals surface area contributed by atoms with Crippen molar-refractivity contribution in [3.05, 3.63) is 83.1 Å². The molecule has 5 rings (SSSR count). The minimum atomic E-state index is -0.856. The average Bonchev–Trinajstić information content (AvgIpc) is 3.36. The lowest BCUT2D eigenvalue weighted by Crippen LogP contribution is -2.38. The molecule has 2 aromatic heterocycles. The number of hydrogen-bond donors (Lipinski definition) is 1. The van der Waals surface area contributed by atoms with Gasteiger partial charge in [0.25, 0.3) is 0 Å². The van der Waals surface area contributed by atoms with E-state index in [4.69, 9.17) is 14.5 Å². The van der Waals surface area contributed by atoms with Crippen LogP contribution in [0.2, 0.25) is 0 Å². The number of carbonyl (C=O) groups is 1. The molecule has 1 unspecified atom stereocenters. The largest absolute Gasteiger partial charge is 0.488 e. The van der Waals surface area contributed by atoms with E-state index in [1.54, 1.807) is 18.3 Å². The highest BCUT2D eigenvalue weighted by molar-refractivity contribution is 7.13. The number of rotatable bonds is 6. The molecule has 1 N–H and O–H groups in total. The third-order valence-electron chi connectivity index (χ3n) is 6.19. The van der Waals surface area contributed by atoms with Gasteiger partial charge >= 0.3 is 0 Å². The van der Waals surface area contributed by atoms with Gasteiger partial charge in [-0.1, -0.05) is 38.1 Å². The summed E-state index contributed by atoms with van der Waals surface area (Å²) >= 11 is 1.37. The molecule has 2 aromatic carbocycles. The van der Waals surface area contributed by atoms with Crippen LogP contribution in [0.3, 0.4) is 0 Å². The molecule has 0 saturated heterocycles. The molecule has 0 saturated carbocycles. The maximum atomic E-state index is 14.7. The Labute approximate surface area is 213 Å². The number of nitrogens with one attached hydrogen (secondary N) is 1. The van der Waals surface area contributed by atoms with Gasteiger partial charge in [0.2, 0.25) is 11.8 Å². The second-order valence-corrected chi connectivity index (χ2v) is 10.4. The van der Waals surface area contributed by atoms with Crippen molar-refractivity contribution in [2.75, 3.05) is 5.32 Å². The van der Waals surface area contributed by atoms with Crippen LogP contribution < -0.4 is 14.8 Å². The highest BCUT2D eigenvalue weighted by Crippen LogP contribution is 2.52. The summed E-state index contributed by atoms with van der Waals surface area (Å²) in [4.78, 5) is 22.4. The van der Waals surface area contributed by atoms with Crippen LogP contribution in [0.25, 0.3) is 11.3 Å². The predicted molar refractivity (Wildman–Crippen MR) is 138 cm³/mol. The van der Waals surface area contributed by atoms with Gasteiger partial charge in [-0.2, -0.15) is 0 Å². The van der Waals surface area contributed by atoms with Crippen molar-refractivity contribution in [1.82, 2.24) is 9.97 Å². The number of thiazole rings is 1. The Hall–Kier alpha value is -3.78. The molecule has 0 spiro atoms. The van der Waals surface area contributed by atoms with E-state index in [0.717, 1.165) is 11.1 Å². The van der Waals surface area contributed by atoms with Crippen molar-refractivity contribution in [3.63, 3.8) is 0 Å². The summed E-state index contributed by atoms with van der Waals surface area (Å²) in [5, 5.41) is 5.30. The lowest BCUT2D eigenvalue weighted by molar-refractivity contribution is -0.124. The van der Waals surface area contributed by atoms with Gasteiger partial charge in [-0.15, -0.1) is 11.3 Å². The minimum absolute atomic E-state index is 0.131. The van der Waals surface area contributed by atoms with Crippen molar-refractivity contribution in [3.8, 4) is 28.6 Å². The Bertz CT molecular complexity index is 1420. The van der Waals surface area contributed by atoms with Gasteiger partial charge in [-0.25, -0.2) is 14.4 Å². The molecule has 1 aliphatic heterocycles. The van der Waals surface area contributed by atoms with E-state index in [0.29, 0.717) is 28.0 Å². The molecule has 6 nitrogen and oxygen atoms in total. The maximum absolute atomic E-state index is 14.7. The molecule has 0 radical (unpaired) electrons. The number of ether oxygens (including phenoxy) is 2. The number of hydrogen-bond acceptors (Lipinski definition) is 6. The fraction of sp³-hybridized carbons (Fsp3) is 0.250. The Balaban J connectivity index is 1.54. The highest BCUT2D eigenvalue weighted by Gasteiger charge is 2.44. The van der Waals surface area contributed by atoms with Crippen LogP contribution >= 0.6 is 11.3 Å². The van der Waals surface area contributed by atoms with Gasteiger partial charge < -0.3 is 14.8 Å².